The second kappa shape index (κ2) is 8.56. The van der Waals surface area contributed by atoms with E-state index in [1.165, 1.54) is 0 Å². The minimum absolute atomic E-state index is 0.146. The highest BCUT2D eigenvalue weighted by Crippen LogP contribution is 2.24. The number of halogens is 4. The number of amides is 1. The highest BCUT2D eigenvalue weighted by Gasteiger charge is 2.12. The molecule has 2 heterocycles. The Morgan fingerprint density at radius 3 is 2.69 bits per heavy atom. The van der Waals surface area contributed by atoms with E-state index in [1.807, 2.05) is 12.3 Å². The molecule has 0 unspecified atom stereocenters. The van der Waals surface area contributed by atoms with Crippen molar-refractivity contribution in [3.63, 3.8) is 0 Å². The highest BCUT2D eigenvalue weighted by atomic mass is 79.9. The van der Waals surface area contributed by atoms with Crippen LogP contribution < -0.4 is 5.32 Å². The maximum atomic E-state index is 12.1. The van der Waals surface area contributed by atoms with Gasteiger partial charge in [0, 0.05) is 35.4 Å². The lowest BCUT2D eigenvalue weighted by Crippen LogP contribution is -2.15. The lowest BCUT2D eigenvalue weighted by molar-refractivity contribution is -0.116. The number of rotatable bonds is 6. The molecule has 6 nitrogen and oxygen atoms in total. The predicted octanol–water partition coefficient (Wildman–Crippen LogP) is 4.99. The molecule has 1 amide bonds. The maximum absolute atomic E-state index is 12.1. The molecule has 0 fully saturated rings. The molecule has 0 aliphatic carbocycles. The molecular formula is C16H13Br2Cl2N5O. The van der Waals surface area contributed by atoms with Crippen LogP contribution in [0.15, 0.2) is 45.7 Å². The van der Waals surface area contributed by atoms with E-state index in [2.05, 4.69) is 47.4 Å². The van der Waals surface area contributed by atoms with Crippen molar-refractivity contribution >= 4 is 66.8 Å². The Kier molecular flexibility index (Phi) is 6.39. The van der Waals surface area contributed by atoms with Crippen LogP contribution in [0, 0.1) is 0 Å². The molecule has 136 valence electrons. The number of carbonyl (C=O) groups is 1. The number of anilines is 1. The topological polar surface area (TPSA) is 64.7 Å². The first-order chi connectivity index (χ1) is 12.4. The summed E-state index contributed by atoms with van der Waals surface area (Å²) in [6.07, 6.45) is 5.56. The summed E-state index contributed by atoms with van der Waals surface area (Å²) < 4.78 is 4.96. The fraction of sp³-hybridized carbons (Fsp3) is 0.188. The van der Waals surface area contributed by atoms with Crippen molar-refractivity contribution in [1.29, 1.82) is 0 Å². The SMILES string of the molecule is O=C(CCn1cc(Br)cn1)Nc1nn(Cc2ccc(Cl)cc2Cl)cc1Br. The van der Waals surface area contributed by atoms with E-state index in [1.54, 1.807) is 33.9 Å². The second-order valence-electron chi connectivity index (χ2n) is 5.48. The van der Waals surface area contributed by atoms with Crippen LogP contribution >= 0.6 is 55.1 Å². The number of carbonyl (C=O) groups excluding carboxylic acids is 1. The lowest BCUT2D eigenvalue weighted by Gasteiger charge is -2.05. The zero-order valence-electron chi connectivity index (χ0n) is 13.3. The fourth-order valence-corrected chi connectivity index (χ4v) is 3.47. The lowest BCUT2D eigenvalue weighted by atomic mass is 10.2. The van der Waals surface area contributed by atoms with Gasteiger partial charge in [0.25, 0.3) is 0 Å². The number of hydrogen-bond acceptors (Lipinski definition) is 3. The van der Waals surface area contributed by atoms with Crippen LogP contribution in [0.1, 0.15) is 12.0 Å². The number of nitrogens with zero attached hydrogens (tertiary/aromatic N) is 4. The Morgan fingerprint density at radius 1 is 1.19 bits per heavy atom. The van der Waals surface area contributed by atoms with Gasteiger partial charge in [0.05, 0.1) is 21.7 Å². The van der Waals surface area contributed by atoms with E-state index >= 15 is 0 Å². The van der Waals surface area contributed by atoms with Gasteiger partial charge in [0.15, 0.2) is 5.82 Å². The zero-order valence-corrected chi connectivity index (χ0v) is 18.0. The molecular weight excluding hydrogens is 509 g/mol. The molecule has 3 aromatic rings. The minimum Gasteiger partial charge on any atom is -0.308 e. The zero-order chi connectivity index (χ0) is 18.7. The number of aryl methyl sites for hydroxylation is 1. The van der Waals surface area contributed by atoms with E-state index in [0.29, 0.717) is 33.4 Å². The Hall–Kier alpha value is -1.35. The summed E-state index contributed by atoms with van der Waals surface area (Å²) in [6.45, 7) is 0.946. The molecule has 0 aliphatic heterocycles. The van der Waals surface area contributed by atoms with Crippen LogP contribution in [0.5, 0.6) is 0 Å². The van der Waals surface area contributed by atoms with Crippen LogP contribution in [0.3, 0.4) is 0 Å². The van der Waals surface area contributed by atoms with Gasteiger partial charge in [-0.15, -0.1) is 0 Å². The van der Waals surface area contributed by atoms with Crippen LogP contribution in [-0.4, -0.2) is 25.5 Å². The van der Waals surface area contributed by atoms with Crippen molar-refractivity contribution < 1.29 is 4.79 Å². The molecule has 26 heavy (non-hydrogen) atoms. The predicted molar refractivity (Wildman–Crippen MR) is 109 cm³/mol. The average molecular weight is 522 g/mol. The van der Waals surface area contributed by atoms with Gasteiger partial charge < -0.3 is 5.32 Å². The summed E-state index contributed by atoms with van der Waals surface area (Å²) in [5.74, 6) is 0.314. The highest BCUT2D eigenvalue weighted by molar-refractivity contribution is 9.10. The van der Waals surface area contributed by atoms with Gasteiger partial charge >= 0.3 is 0 Å². The van der Waals surface area contributed by atoms with E-state index in [9.17, 15) is 4.79 Å². The normalized spacial score (nSPS) is 10.9. The van der Waals surface area contributed by atoms with E-state index in [0.717, 1.165) is 10.0 Å². The van der Waals surface area contributed by atoms with E-state index < -0.39 is 0 Å². The van der Waals surface area contributed by atoms with Gasteiger partial charge in [-0.25, -0.2) is 0 Å². The molecule has 0 radical (unpaired) electrons. The molecule has 0 saturated carbocycles. The average Bonchev–Trinajstić information content (AvgIpc) is 3.14. The molecule has 3 rings (SSSR count). The van der Waals surface area contributed by atoms with Crippen molar-refractivity contribution in [3.05, 3.63) is 61.3 Å². The van der Waals surface area contributed by atoms with Crippen LogP contribution in [0.2, 0.25) is 10.0 Å². The monoisotopic (exact) mass is 519 g/mol. The van der Waals surface area contributed by atoms with Gasteiger partial charge in [-0.05, 0) is 49.6 Å². The van der Waals surface area contributed by atoms with Crippen LogP contribution in [0.4, 0.5) is 5.82 Å². The van der Waals surface area contributed by atoms with Crippen LogP contribution in [0.25, 0.3) is 0 Å². The Bertz CT molecular complexity index is 941. The van der Waals surface area contributed by atoms with Gasteiger partial charge in [-0.2, -0.15) is 10.2 Å². The van der Waals surface area contributed by atoms with Crippen LogP contribution in [-0.2, 0) is 17.9 Å². The van der Waals surface area contributed by atoms with Crippen molar-refractivity contribution in [2.75, 3.05) is 5.32 Å². The van der Waals surface area contributed by atoms with Crippen molar-refractivity contribution in [1.82, 2.24) is 19.6 Å². The summed E-state index contributed by atoms with van der Waals surface area (Å²) in [5, 5.41) is 12.4. The molecule has 2 aromatic heterocycles. The third-order valence-corrected chi connectivity index (χ3v) is 5.07. The maximum Gasteiger partial charge on any atom is 0.227 e. The Labute approximate surface area is 176 Å². The standard InChI is InChI=1S/C16H13Br2Cl2N5O/c17-11-6-21-24(8-11)4-3-15(26)22-16-13(18)9-25(23-16)7-10-1-2-12(19)5-14(10)20/h1-2,5-6,8-9H,3-4,7H2,(H,22,23,26). The Morgan fingerprint density at radius 2 is 2.00 bits per heavy atom. The number of benzene rings is 1. The minimum atomic E-state index is -0.146. The molecule has 1 N–H and O–H groups in total. The van der Waals surface area contributed by atoms with Crippen molar-refractivity contribution in [2.24, 2.45) is 0 Å². The third-order valence-electron chi connectivity index (χ3n) is 3.49. The summed E-state index contributed by atoms with van der Waals surface area (Å²) in [4.78, 5) is 12.1. The first-order valence-corrected chi connectivity index (χ1v) is 9.89. The molecule has 10 heteroatoms. The summed E-state index contributed by atoms with van der Waals surface area (Å²) in [5.41, 5.74) is 0.883. The summed E-state index contributed by atoms with van der Waals surface area (Å²) in [6, 6.07) is 5.31. The summed E-state index contributed by atoms with van der Waals surface area (Å²) in [7, 11) is 0. The third kappa shape index (κ3) is 5.09. The molecule has 1 aromatic carbocycles. The van der Waals surface area contributed by atoms with Gasteiger partial charge in [-0.3, -0.25) is 14.2 Å². The smallest absolute Gasteiger partial charge is 0.227 e. The van der Waals surface area contributed by atoms with E-state index in [4.69, 9.17) is 23.2 Å². The molecule has 0 saturated heterocycles. The van der Waals surface area contributed by atoms with Crippen molar-refractivity contribution in [3.8, 4) is 0 Å². The fourth-order valence-electron chi connectivity index (χ4n) is 2.26. The van der Waals surface area contributed by atoms with Gasteiger partial charge in [0.2, 0.25) is 5.91 Å². The molecule has 0 aliphatic rings. The van der Waals surface area contributed by atoms with E-state index in [-0.39, 0.29) is 12.3 Å². The molecule has 0 bridgehead atoms. The largest absolute Gasteiger partial charge is 0.308 e. The first-order valence-electron chi connectivity index (χ1n) is 7.55. The van der Waals surface area contributed by atoms with Crippen molar-refractivity contribution in [2.45, 2.75) is 19.5 Å². The number of hydrogen-bond donors (Lipinski definition) is 1. The second-order valence-corrected chi connectivity index (χ2v) is 8.09. The first kappa shape index (κ1) is 19.4. The number of aromatic nitrogens is 4. The Balaban J connectivity index is 1.61. The molecule has 0 spiro atoms. The quantitative estimate of drug-likeness (QED) is 0.497. The summed E-state index contributed by atoms with van der Waals surface area (Å²) >= 11 is 18.8. The van der Waals surface area contributed by atoms with Gasteiger partial charge in [0.1, 0.15) is 0 Å². The number of nitrogens with one attached hydrogen (secondary N) is 1. The molecule has 0 atom stereocenters. The van der Waals surface area contributed by atoms with Gasteiger partial charge in [-0.1, -0.05) is 29.3 Å².